The van der Waals surface area contributed by atoms with E-state index in [9.17, 15) is 70.6 Å². The fraction of sp³-hybridized carbons (Fsp3) is 0.681. The van der Waals surface area contributed by atoms with E-state index in [0.29, 0.717) is 0 Å². The fourth-order valence-electron chi connectivity index (χ4n) is 7.45. The van der Waals surface area contributed by atoms with Crippen LogP contribution in [0.3, 0.4) is 0 Å². The molecule has 2 aliphatic rings. The molecule has 18 heteroatoms. The molecule has 0 aromatic rings. The summed E-state index contributed by atoms with van der Waals surface area (Å²) in [6, 6.07) is -1.15. The second-order valence-corrected chi connectivity index (χ2v) is 17.4. The molecule has 0 bridgehead atoms. The molecule has 0 aromatic carbocycles. The first-order valence-corrected chi connectivity index (χ1v) is 22.4. The van der Waals surface area contributed by atoms with Crippen molar-refractivity contribution in [3.05, 3.63) is 72.9 Å². The van der Waals surface area contributed by atoms with Gasteiger partial charge in [0, 0.05) is 31.1 Å². The number of carbonyl (C=O) groups is 3. The van der Waals surface area contributed by atoms with Gasteiger partial charge in [0.2, 0.25) is 0 Å². The van der Waals surface area contributed by atoms with Crippen molar-refractivity contribution in [1.82, 2.24) is 0 Å². The van der Waals surface area contributed by atoms with Crippen LogP contribution in [0.25, 0.3) is 0 Å². The van der Waals surface area contributed by atoms with Gasteiger partial charge in [-0.3, -0.25) is 14.4 Å². The van der Waals surface area contributed by atoms with Gasteiger partial charge >= 0.3 is 11.9 Å². The highest BCUT2D eigenvalue weighted by molar-refractivity contribution is 5.81. The second-order valence-electron chi connectivity index (χ2n) is 17.4. The smallest absolute Gasteiger partial charge is 0.311 e. The number of rotatable bonds is 3. The molecule has 0 spiro atoms. The number of nitrogens with two attached hydrogens (primary N) is 1. The van der Waals surface area contributed by atoms with Crippen LogP contribution in [0.15, 0.2) is 72.9 Å². The topological polar surface area (TPSA) is 327 Å². The zero-order valence-corrected chi connectivity index (χ0v) is 37.8. The first kappa shape index (κ1) is 57.7. The fourth-order valence-corrected chi connectivity index (χ4v) is 7.45. The van der Waals surface area contributed by atoms with Gasteiger partial charge in [-0.05, 0) is 52.4 Å². The molecule has 1 fully saturated rings. The average molecular weight is 926 g/mol. The number of aliphatic hydroxyl groups is 10. The van der Waals surface area contributed by atoms with E-state index in [-0.39, 0.29) is 31.6 Å². The summed E-state index contributed by atoms with van der Waals surface area (Å²) in [5.74, 6) is -5.88. The van der Waals surface area contributed by atoms with Crippen LogP contribution in [0.1, 0.15) is 91.9 Å². The lowest BCUT2D eigenvalue weighted by molar-refractivity contribution is -0.277. The summed E-state index contributed by atoms with van der Waals surface area (Å²) in [4.78, 5) is 37.8. The number of ketones is 1. The van der Waals surface area contributed by atoms with E-state index in [4.69, 9.17) is 19.9 Å². The molecule has 1 saturated heterocycles. The van der Waals surface area contributed by atoms with Crippen LogP contribution in [0.2, 0.25) is 0 Å². The van der Waals surface area contributed by atoms with Gasteiger partial charge in [0.25, 0.3) is 0 Å². The molecular formula is C47H75NO17. The summed E-state index contributed by atoms with van der Waals surface area (Å²) >= 11 is 0. The van der Waals surface area contributed by atoms with E-state index in [0.717, 1.165) is 12.8 Å². The Kier molecular flexibility index (Phi) is 26.6. The Hall–Kier alpha value is -3.47. The lowest BCUT2D eigenvalue weighted by Crippen LogP contribution is -2.61. The number of esters is 1. The second kappa shape index (κ2) is 30.0. The Morgan fingerprint density at radius 2 is 1.18 bits per heavy atom. The van der Waals surface area contributed by atoms with E-state index in [1.165, 1.54) is 13.0 Å². The van der Waals surface area contributed by atoms with Crippen LogP contribution in [-0.4, -0.2) is 166 Å². The number of carboxylic acids is 1. The average Bonchev–Trinajstić information content (AvgIpc) is 3.22. The van der Waals surface area contributed by atoms with Crippen LogP contribution in [0, 0.1) is 17.8 Å². The summed E-state index contributed by atoms with van der Waals surface area (Å²) in [5, 5.41) is 116. The number of ether oxygens (including phenoxy) is 3. The number of aliphatic hydroxyl groups excluding tert-OH is 10. The van der Waals surface area contributed by atoms with Crippen molar-refractivity contribution in [3.63, 3.8) is 0 Å². The van der Waals surface area contributed by atoms with Crippen molar-refractivity contribution in [2.75, 3.05) is 0 Å². The van der Waals surface area contributed by atoms with Crippen molar-refractivity contribution in [2.24, 2.45) is 23.5 Å². The van der Waals surface area contributed by atoms with Crippen LogP contribution >= 0.6 is 0 Å². The van der Waals surface area contributed by atoms with Crippen molar-refractivity contribution in [2.45, 2.75) is 184 Å². The Morgan fingerprint density at radius 1 is 0.615 bits per heavy atom. The third-order valence-electron chi connectivity index (χ3n) is 11.7. The predicted molar refractivity (Wildman–Crippen MR) is 238 cm³/mol. The monoisotopic (exact) mass is 926 g/mol. The van der Waals surface area contributed by atoms with E-state index in [2.05, 4.69) is 0 Å². The summed E-state index contributed by atoms with van der Waals surface area (Å²) in [6.07, 6.45) is 0.848. The van der Waals surface area contributed by atoms with Gasteiger partial charge in [0.15, 0.2) is 6.29 Å². The summed E-state index contributed by atoms with van der Waals surface area (Å²) in [6.45, 7) is 6.73. The molecule has 0 aliphatic carbocycles. The highest BCUT2D eigenvalue weighted by Gasteiger charge is 2.43. The summed E-state index contributed by atoms with van der Waals surface area (Å²) in [5.41, 5.74) is 5.96. The lowest BCUT2D eigenvalue weighted by atomic mass is 9.88. The van der Waals surface area contributed by atoms with Crippen LogP contribution < -0.4 is 5.73 Å². The molecule has 13 unspecified atom stereocenters. The largest absolute Gasteiger partial charge is 0.481 e. The van der Waals surface area contributed by atoms with Gasteiger partial charge in [-0.15, -0.1) is 0 Å². The molecule has 0 aromatic heterocycles. The molecule has 18 atom stereocenters. The number of hydrogen-bond acceptors (Lipinski definition) is 17. The minimum Gasteiger partial charge on any atom is -0.481 e. The van der Waals surface area contributed by atoms with Crippen molar-refractivity contribution >= 4 is 17.7 Å². The van der Waals surface area contributed by atoms with Crippen LogP contribution in [0.5, 0.6) is 0 Å². The predicted octanol–water partition coefficient (Wildman–Crippen LogP) is 0.778. The molecule has 2 rings (SSSR count). The Morgan fingerprint density at radius 3 is 1.83 bits per heavy atom. The third kappa shape index (κ3) is 21.4. The van der Waals surface area contributed by atoms with Crippen molar-refractivity contribution in [3.8, 4) is 0 Å². The third-order valence-corrected chi connectivity index (χ3v) is 11.7. The standard InChI is InChI=1S/C47H75NO17/c1-27-17-15-13-11-9-7-5-6-8-10-12-14-16-18-35(65-47-45(60)42(48)44(59)30(4)64-47)26-39(56)41(46(61)62)38(55)24-34(52)23-37(54)36(53)20-19-31(49)21-32(50)22-33(51)25-40(57)63-29(3)28(2)43(27)58/h5-6,8,10-18,27-33,35-39,41-45,47,49-51,53-56,58-60H,7,9,19-26,48H2,1-4H3,(H,61,62)/b6-5+,10-8+,13-11+,14-12+,17-15+,18-16-/t27?,28?,29?,30-,31?,32?,33?,35?,36?,37?,38?,39?,41?,42-,43?,44-,45+,47+/m1/s1. The van der Waals surface area contributed by atoms with Crippen LogP contribution in [-0.2, 0) is 28.6 Å². The molecule has 0 saturated carbocycles. The Balaban J connectivity index is 2.26. The van der Waals surface area contributed by atoms with E-state index in [1.807, 2.05) is 43.4 Å². The van der Waals surface area contributed by atoms with Crippen molar-refractivity contribution < 1.29 is 84.8 Å². The molecule has 0 amide bonds. The van der Waals surface area contributed by atoms with Gasteiger partial charge in [0.1, 0.15) is 23.9 Å². The number of cyclic esters (lactones) is 1. The molecule has 2 aliphatic heterocycles. The first-order chi connectivity index (χ1) is 30.6. The molecule has 13 N–H and O–H groups in total. The zero-order chi connectivity index (χ0) is 48.8. The number of carboxylic acid groups (broad SMARTS) is 1. The van der Waals surface area contributed by atoms with Crippen LogP contribution in [0.4, 0.5) is 0 Å². The molecule has 0 radical (unpaired) electrons. The summed E-state index contributed by atoms with van der Waals surface area (Å²) < 4.78 is 17.0. The molecule has 370 valence electrons. The normalized spacial score (nSPS) is 42.5. The SMILES string of the molecule is CC1/C=C/C=C/CC/C=C/C=C/C=C/C=C\C(O[C@@H]2O[C@H](C)[C@@H](O)[C@@H](N)[C@@H]2O)CC(O)C(C(=O)O)C(O)CC(=O)CC(O)C(O)CCC(O)CC(O)CC(O)CC(=O)OC(C)C(C)C1O. The quantitative estimate of drug-likeness (QED) is 0.174. The molecule has 65 heavy (non-hydrogen) atoms. The maximum Gasteiger partial charge on any atom is 0.311 e. The molecular weight excluding hydrogens is 851 g/mol. The van der Waals surface area contributed by atoms with E-state index >= 15 is 0 Å². The maximum absolute atomic E-state index is 12.9. The Labute approximate surface area is 381 Å². The number of Topliss-reactive ketones (excluding diaryl/α,β-unsaturated/α-hetero) is 1. The van der Waals surface area contributed by atoms with Gasteiger partial charge in [-0.25, -0.2) is 0 Å². The molecule has 18 nitrogen and oxygen atoms in total. The highest BCUT2D eigenvalue weighted by atomic mass is 16.7. The number of hydrogen-bond donors (Lipinski definition) is 12. The lowest BCUT2D eigenvalue weighted by Gasteiger charge is -2.41. The zero-order valence-electron chi connectivity index (χ0n) is 37.8. The number of allylic oxidation sites excluding steroid dienone is 10. The van der Waals surface area contributed by atoms with Crippen molar-refractivity contribution in [1.29, 1.82) is 0 Å². The van der Waals surface area contributed by atoms with Gasteiger partial charge in [-0.1, -0.05) is 86.8 Å². The van der Waals surface area contributed by atoms with Gasteiger partial charge < -0.3 is 76.1 Å². The minimum atomic E-state index is -1.95. The number of aliphatic carboxylic acids is 1. The van der Waals surface area contributed by atoms with E-state index < -0.39 is 147 Å². The maximum atomic E-state index is 12.9. The molecule has 2 heterocycles. The minimum absolute atomic E-state index is 0.144. The van der Waals surface area contributed by atoms with E-state index in [1.54, 1.807) is 44.2 Å². The highest BCUT2D eigenvalue weighted by Crippen LogP contribution is 2.26. The Bertz CT molecular complexity index is 1600. The summed E-state index contributed by atoms with van der Waals surface area (Å²) in [7, 11) is 0. The first-order valence-electron chi connectivity index (χ1n) is 22.4. The van der Waals surface area contributed by atoms with Gasteiger partial charge in [-0.2, -0.15) is 0 Å². The van der Waals surface area contributed by atoms with Gasteiger partial charge in [0.05, 0.1) is 79.6 Å². The number of carbonyl (C=O) groups excluding carboxylic acids is 2.